The lowest BCUT2D eigenvalue weighted by Gasteiger charge is -2.46. The number of hydrogen-bond donors (Lipinski definition) is 1. The Kier molecular flexibility index (Phi) is 5.12. The molecule has 1 spiro atoms. The quantitative estimate of drug-likeness (QED) is 0.811. The molecule has 3 aliphatic rings. The van der Waals surface area contributed by atoms with Gasteiger partial charge in [0, 0.05) is 24.9 Å². The number of benzene rings is 1. The smallest absolute Gasteiger partial charge is 0.286 e. The first kappa shape index (κ1) is 20.0. The van der Waals surface area contributed by atoms with Gasteiger partial charge in [-0.05, 0) is 55.2 Å². The van der Waals surface area contributed by atoms with Crippen molar-refractivity contribution >= 4 is 11.8 Å². The maximum atomic E-state index is 13.2. The number of carbonyl (C=O) groups excluding carboxylic acids is 2. The average molecular weight is 424 g/mol. The van der Waals surface area contributed by atoms with Crippen molar-refractivity contribution in [1.29, 1.82) is 0 Å². The van der Waals surface area contributed by atoms with Crippen LogP contribution in [0.25, 0.3) is 0 Å². The van der Waals surface area contributed by atoms with Gasteiger partial charge in [0.25, 0.3) is 5.91 Å². The van der Waals surface area contributed by atoms with Crippen molar-refractivity contribution in [3.05, 3.63) is 47.4 Å². The monoisotopic (exact) mass is 424 g/mol. The predicted molar refractivity (Wildman–Crippen MR) is 113 cm³/mol. The second kappa shape index (κ2) is 7.94. The van der Waals surface area contributed by atoms with Gasteiger partial charge in [0.15, 0.2) is 17.3 Å². The summed E-state index contributed by atoms with van der Waals surface area (Å²) < 4.78 is 16.8. The Morgan fingerprint density at radius 1 is 1.16 bits per heavy atom. The molecular formula is C24H28N2O5. The first-order chi connectivity index (χ1) is 15.1. The molecule has 0 bridgehead atoms. The molecule has 2 aliphatic heterocycles. The number of nitrogens with zero attached hydrogens (tertiary/aromatic N) is 1. The van der Waals surface area contributed by atoms with Crippen LogP contribution in [0.15, 0.2) is 34.9 Å². The summed E-state index contributed by atoms with van der Waals surface area (Å²) in [5, 5.41) is 2.77. The summed E-state index contributed by atoms with van der Waals surface area (Å²) in [6.07, 6.45) is 6.21. The van der Waals surface area contributed by atoms with Gasteiger partial charge in [0.2, 0.25) is 5.91 Å². The van der Waals surface area contributed by atoms with Gasteiger partial charge in [0.05, 0.1) is 12.3 Å². The highest BCUT2D eigenvalue weighted by atomic mass is 16.6. The summed E-state index contributed by atoms with van der Waals surface area (Å²) in [6, 6.07) is 7.47. The van der Waals surface area contributed by atoms with Crippen LogP contribution in [0.3, 0.4) is 0 Å². The Morgan fingerprint density at radius 3 is 2.61 bits per heavy atom. The Hall–Kier alpha value is -2.96. The van der Waals surface area contributed by atoms with Crippen LogP contribution in [0.1, 0.15) is 66.8 Å². The lowest BCUT2D eigenvalue weighted by Crippen LogP contribution is -2.49. The molecule has 2 amide bonds. The maximum absolute atomic E-state index is 13.2. The summed E-state index contributed by atoms with van der Waals surface area (Å²) in [4.78, 5) is 27.3. The Bertz CT molecular complexity index is 978. The summed E-state index contributed by atoms with van der Waals surface area (Å²) in [6.45, 7) is 4.19. The number of hydrogen-bond acceptors (Lipinski definition) is 5. The molecule has 7 heteroatoms. The van der Waals surface area contributed by atoms with Gasteiger partial charge < -0.3 is 24.1 Å². The van der Waals surface area contributed by atoms with Gasteiger partial charge in [-0.1, -0.05) is 12.8 Å². The van der Waals surface area contributed by atoms with Crippen LogP contribution >= 0.6 is 0 Å². The molecule has 3 heterocycles. The molecule has 1 fully saturated rings. The molecule has 1 aliphatic carbocycles. The maximum Gasteiger partial charge on any atom is 0.286 e. The number of ether oxygens (including phenoxy) is 2. The van der Waals surface area contributed by atoms with E-state index in [1.54, 1.807) is 12.1 Å². The zero-order valence-electron chi connectivity index (χ0n) is 17.8. The number of nitrogens with one attached hydrogen (secondary N) is 1. The van der Waals surface area contributed by atoms with Gasteiger partial charge in [0.1, 0.15) is 13.2 Å². The molecule has 31 heavy (non-hydrogen) atoms. The van der Waals surface area contributed by atoms with Gasteiger partial charge in [-0.15, -0.1) is 0 Å². The minimum absolute atomic E-state index is 0.0231. The molecule has 1 unspecified atom stereocenters. The van der Waals surface area contributed by atoms with Crippen molar-refractivity contribution in [2.45, 2.75) is 50.5 Å². The van der Waals surface area contributed by atoms with Crippen LogP contribution in [0.4, 0.5) is 0 Å². The Morgan fingerprint density at radius 2 is 1.90 bits per heavy atom. The average Bonchev–Trinajstić information content (AvgIpc) is 3.48. The fourth-order valence-electron chi connectivity index (χ4n) is 5.33. The number of furan rings is 1. The lowest BCUT2D eigenvalue weighted by molar-refractivity contribution is -0.135. The molecule has 1 aromatic carbocycles. The first-order valence-corrected chi connectivity index (χ1v) is 11.1. The van der Waals surface area contributed by atoms with E-state index in [2.05, 4.69) is 24.4 Å². The fraction of sp³-hybridized carbons (Fsp3) is 0.500. The van der Waals surface area contributed by atoms with Gasteiger partial charge in [-0.2, -0.15) is 0 Å². The molecule has 0 saturated heterocycles. The molecule has 1 saturated carbocycles. The predicted octanol–water partition coefficient (Wildman–Crippen LogP) is 3.59. The zero-order valence-corrected chi connectivity index (χ0v) is 17.8. The lowest BCUT2D eigenvalue weighted by atomic mass is 9.71. The van der Waals surface area contributed by atoms with E-state index in [0.717, 1.165) is 29.9 Å². The molecule has 5 rings (SSSR count). The van der Waals surface area contributed by atoms with E-state index >= 15 is 0 Å². The third kappa shape index (κ3) is 3.56. The second-order valence-corrected chi connectivity index (χ2v) is 8.75. The highest BCUT2D eigenvalue weighted by Gasteiger charge is 2.46. The third-order valence-corrected chi connectivity index (χ3v) is 6.93. The SMILES string of the molecule is CC1c2cc3c(cc2C2(CCCC2)CN1C(=O)CCNC(=O)c1ccco1)OCCO3. The van der Waals surface area contributed by atoms with Crippen molar-refractivity contribution < 1.29 is 23.5 Å². The largest absolute Gasteiger partial charge is 0.486 e. The molecule has 1 atom stereocenters. The molecule has 1 aromatic heterocycles. The van der Waals surface area contributed by atoms with E-state index in [4.69, 9.17) is 13.9 Å². The summed E-state index contributed by atoms with van der Waals surface area (Å²) in [7, 11) is 0. The topological polar surface area (TPSA) is 81.0 Å². The molecule has 2 aromatic rings. The highest BCUT2D eigenvalue weighted by Crippen LogP contribution is 2.51. The zero-order chi connectivity index (χ0) is 21.4. The molecule has 0 radical (unpaired) electrons. The van der Waals surface area contributed by atoms with E-state index in [1.165, 1.54) is 24.7 Å². The van der Waals surface area contributed by atoms with E-state index < -0.39 is 0 Å². The third-order valence-electron chi connectivity index (χ3n) is 6.93. The molecule has 1 N–H and O–H groups in total. The fourth-order valence-corrected chi connectivity index (χ4v) is 5.33. The Labute approximate surface area is 181 Å². The van der Waals surface area contributed by atoms with Crippen molar-refractivity contribution in [2.24, 2.45) is 0 Å². The van der Waals surface area contributed by atoms with Crippen LogP contribution < -0.4 is 14.8 Å². The summed E-state index contributed by atoms with van der Waals surface area (Å²) in [5.41, 5.74) is 2.45. The van der Waals surface area contributed by atoms with Crippen molar-refractivity contribution in [3.63, 3.8) is 0 Å². The van der Waals surface area contributed by atoms with Crippen LogP contribution in [0.2, 0.25) is 0 Å². The van der Waals surface area contributed by atoms with Gasteiger partial charge >= 0.3 is 0 Å². The van der Waals surface area contributed by atoms with Gasteiger partial charge in [-0.3, -0.25) is 9.59 Å². The van der Waals surface area contributed by atoms with Crippen LogP contribution in [-0.2, 0) is 10.2 Å². The minimum atomic E-state index is -0.300. The van der Waals surface area contributed by atoms with E-state index in [-0.39, 0.29) is 42.0 Å². The number of fused-ring (bicyclic) bond motifs is 3. The number of amides is 2. The first-order valence-electron chi connectivity index (χ1n) is 11.1. The number of carbonyl (C=O) groups is 2. The second-order valence-electron chi connectivity index (χ2n) is 8.75. The highest BCUT2D eigenvalue weighted by molar-refractivity contribution is 5.91. The molecule has 164 valence electrons. The van der Waals surface area contributed by atoms with Crippen molar-refractivity contribution in [1.82, 2.24) is 10.2 Å². The van der Waals surface area contributed by atoms with Crippen molar-refractivity contribution in [3.8, 4) is 11.5 Å². The molecular weight excluding hydrogens is 396 g/mol. The van der Waals surface area contributed by atoms with Gasteiger partial charge in [-0.25, -0.2) is 0 Å². The van der Waals surface area contributed by atoms with Crippen molar-refractivity contribution in [2.75, 3.05) is 26.3 Å². The van der Waals surface area contributed by atoms with E-state index in [9.17, 15) is 9.59 Å². The summed E-state index contributed by atoms with van der Waals surface area (Å²) in [5.74, 6) is 1.60. The molecule has 7 nitrogen and oxygen atoms in total. The number of rotatable bonds is 4. The normalized spacial score (nSPS) is 21.1. The van der Waals surface area contributed by atoms with Crippen LogP contribution in [0, 0.1) is 0 Å². The van der Waals surface area contributed by atoms with E-state index in [1.807, 2.05) is 4.90 Å². The van der Waals surface area contributed by atoms with Crippen LogP contribution in [-0.4, -0.2) is 43.0 Å². The van der Waals surface area contributed by atoms with E-state index in [0.29, 0.717) is 19.8 Å². The van der Waals surface area contributed by atoms with Crippen LogP contribution in [0.5, 0.6) is 11.5 Å². The minimum Gasteiger partial charge on any atom is -0.486 e. The standard InChI is InChI=1S/C24H28N2O5/c1-16-17-13-20-21(31-12-11-30-20)14-18(17)24(7-2-3-8-24)15-26(16)22(27)6-9-25-23(28)19-5-4-10-29-19/h4-5,10,13-14,16H,2-3,6-9,11-12,15H2,1H3,(H,25,28). The summed E-state index contributed by atoms with van der Waals surface area (Å²) >= 11 is 0. The Balaban J connectivity index is 1.35.